The molecule has 9 heteroatoms. The average Bonchev–Trinajstić information content (AvgIpc) is 2.84. The van der Waals surface area contributed by atoms with E-state index in [0.717, 1.165) is 11.1 Å². The highest BCUT2D eigenvalue weighted by Gasteiger charge is 2.35. The molecule has 0 fully saturated rings. The lowest BCUT2D eigenvalue weighted by Crippen LogP contribution is -2.39. The molecule has 3 aromatic rings. The van der Waals surface area contributed by atoms with Crippen molar-refractivity contribution >= 4 is 10.0 Å². The first-order chi connectivity index (χ1) is 15.7. The van der Waals surface area contributed by atoms with Crippen LogP contribution in [0.5, 0.6) is 11.5 Å². The molecule has 1 heterocycles. The van der Waals surface area contributed by atoms with E-state index in [1.54, 1.807) is 45.4 Å². The highest BCUT2D eigenvalue weighted by molar-refractivity contribution is 7.89. The summed E-state index contributed by atoms with van der Waals surface area (Å²) in [6, 6.07) is 14.4. The minimum atomic E-state index is -3.93. The smallest absolute Gasteiger partial charge is 0.220 e. The molecule has 0 aliphatic rings. The van der Waals surface area contributed by atoms with E-state index >= 15 is 0 Å². The highest BCUT2D eigenvalue weighted by atomic mass is 32.2. The van der Waals surface area contributed by atoms with Gasteiger partial charge >= 0.3 is 0 Å². The lowest BCUT2D eigenvalue weighted by atomic mass is 10.2. The monoisotopic (exact) mass is 471 g/mol. The molecule has 0 aliphatic carbocycles. The number of aliphatic hydroxyl groups excluding tert-OH is 1. The van der Waals surface area contributed by atoms with E-state index in [9.17, 15) is 13.5 Å². The molecule has 2 aromatic carbocycles. The summed E-state index contributed by atoms with van der Waals surface area (Å²) in [6.07, 6.45) is 1.59. The molecule has 0 saturated carbocycles. The average molecular weight is 472 g/mol. The van der Waals surface area contributed by atoms with Crippen molar-refractivity contribution < 1.29 is 23.0 Å². The van der Waals surface area contributed by atoms with Crippen molar-refractivity contribution in [2.75, 3.05) is 14.2 Å². The standard InChI is InChI=1S/C24H29N3O5S/c1-17-13-26-23(14-25-17)24(28)18(2)33(29,30)27(15-19-5-9-21(31-3)10-6-19)16-20-7-11-22(32-4)12-8-20/h5-14,18,24,28H,15-16H2,1-4H3/t18-,24-/m0/s1. The van der Waals surface area contributed by atoms with Gasteiger partial charge in [0.15, 0.2) is 0 Å². The van der Waals surface area contributed by atoms with Crippen LogP contribution in [-0.4, -0.2) is 47.3 Å². The van der Waals surface area contributed by atoms with Crippen LogP contribution in [0.2, 0.25) is 0 Å². The van der Waals surface area contributed by atoms with Crippen LogP contribution < -0.4 is 9.47 Å². The van der Waals surface area contributed by atoms with Crippen molar-refractivity contribution in [1.82, 2.24) is 14.3 Å². The van der Waals surface area contributed by atoms with Gasteiger partial charge in [0.2, 0.25) is 10.0 Å². The first kappa shape index (κ1) is 24.6. The molecule has 0 unspecified atom stereocenters. The third kappa shape index (κ3) is 6.07. The summed E-state index contributed by atoms with van der Waals surface area (Å²) in [4.78, 5) is 8.28. The minimum Gasteiger partial charge on any atom is -0.497 e. The van der Waals surface area contributed by atoms with Crippen molar-refractivity contribution in [3.05, 3.63) is 83.4 Å². The van der Waals surface area contributed by atoms with Crippen molar-refractivity contribution in [2.45, 2.75) is 38.3 Å². The number of aliphatic hydroxyl groups is 1. The van der Waals surface area contributed by atoms with Gasteiger partial charge in [-0.25, -0.2) is 8.42 Å². The second kappa shape index (κ2) is 10.7. The maximum atomic E-state index is 13.6. The summed E-state index contributed by atoms with van der Waals surface area (Å²) in [5.41, 5.74) is 2.49. The molecule has 0 bridgehead atoms. The number of hydrogen-bond acceptors (Lipinski definition) is 7. The lowest BCUT2D eigenvalue weighted by molar-refractivity contribution is 0.167. The van der Waals surface area contributed by atoms with Crippen molar-refractivity contribution in [2.24, 2.45) is 0 Å². The van der Waals surface area contributed by atoms with Gasteiger partial charge < -0.3 is 14.6 Å². The SMILES string of the molecule is COc1ccc(CN(Cc2ccc(OC)cc2)S(=O)(=O)[C@@H](C)[C@H](O)c2cnc(C)cn2)cc1. The van der Waals surface area contributed by atoms with E-state index in [0.29, 0.717) is 17.2 Å². The van der Waals surface area contributed by atoms with E-state index in [4.69, 9.17) is 9.47 Å². The molecule has 1 N–H and O–H groups in total. The molecule has 0 aliphatic heterocycles. The van der Waals surface area contributed by atoms with E-state index in [2.05, 4.69) is 9.97 Å². The van der Waals surface area contributed by atoms with Gasteiger partial charge in [-0.2, -0.15) is 4.31 Å². The number of sulfonamides is 1. The third-order valence-electron chi connectivity index (χ3n) is 5.41. The second-order valence-electron chi connectivity index (χ2n) is 7.74. The number of aromatic nitrogens is 2. The molecule has 3 rings (SSSR count). The van der Waals surface area contributed by atoms with Crippen LogP contribution in [0, 0.1) is 6.92 Å². The third-order valence-corrected chi connectivity index (χ3v) is 7.59. The van der Waals surface area contributed by atoms with Crippen LogP contribution in [-0.2, 0) is 23.1 Å². The molecular weight excluding hydrogens is 442 g/mol. The molecular formula is C24H29N3O5S. The van der Waals surface area contributed by atoms with Crippen LogP contribution in [0.15, 0.2) is 60.9 Å². The van der Waals surface area contributed by atoms with Gasteiger partial charge in [0.05, 0.1) is 31.8 Å². The Morgan fingerprint density at radius 1 is 0.879 bits per heavy atom. The summed E-state index contributed by atoms with van der Waals surface area (Å²) < 4.78 is 39.0. The molecule has 2 atom stereocenters. The molecule has 8 nitrogen and oxygen atoms in total. The van der Waals surface area contributed by atoms with E-state index in [1.807, 2.05) is 24.3 Å². The lowest BCUT2D eigenvalue weighted by Gasteiger charge is -2.28. The van der Waals surface area contributed by atoms with Crippen LogP contribution in [0.25, 0.3) is 0 Å². The Morgan fingerprint density at radius 2 is 1.36 bits per heavy atom. The summed E-state index contributed by atoms with van der Waals surface area (Å²) in [5.74, 6) is 1.37. The van der Waals surface area contributed by atoms with Crippen molar-refractivity contribution in [3.63, 3.8) is 0 Å². The number of aryl methyl sites for hydroxylation is 1. The number of hydrogen-bond donors (Lipinski definition) is 1. The maximum Gasteiger partial charge on any atom is 0.220 e. The van der Waals surface area contributed by atoms with Crippen LogP contribution in [0.1, 0.15) is 35.5 Å². The summed E-state index contributed by atoms with van der Waals surface area (Å²) in [5, 5.41) is 9.66. The van der Waals surface area contributed by atoms with E-state index < -0.39 is 21.4 Å². The Hall–Kier alpha value is -3.01. The van der Waals surface area contributed by atoms with Gasteiger partial charge in [-0.05, 0) is 49.2 Å². The second-order valence-corrected chi connectivity index (χ2v) is 10.0. The Kier molecular flexibility index (Phi) is 8.01. The maximum absolute atomic E-state index is 13.6. The number of ether oxygens (including phenoxy) is 2. The van der Waals surface area contributed by atoms with Gasteiger partial charge in [0, 0.05) is 19.3 Å². The van der Waals surface area contributed by atoms with E-state index in [-0.39, 0.29) is 18.8 Å². The number of methoxy groups -OCH3 is 2. The zero-order valence-corrected chi connectivity index (χ0v) is 20.0. The molecule has 33 heavy (non-hydrogen) atoms. The van der Waals surface area contributed by atoms with Crippen molar-refractivity contribution in [1.29, 1.82) is 0 Å². The van der Waals surface area contributed by atoms with Gasteiger partial charge in [0.1, 0.15) is 22.9 Å². The Balaban J connectivity index is 1.91. The fourth-order valence-electron chi connectivity index (χ4n) is 3.30. The van der Waals surface area contributed by atoms with Gasteiger partial charge in [-0.3, -0.25) is 9.97 Å². The Labute approximate surface area is 194 Å². The molecule has 0 spiro atoms. The van der Waals surface area contributed by atoms with Crippen molar-refractivity contribution in [3.8, 4) is 11.5 Å². The highest BCUT2D eigenvalue weighted by Crippen LogP contribution is 2.26. The molecule has 0 radical (unpaired) electrons. The van der Waals surface area contributed by atoms with Gasteiger partial charge in [-0.15, -0.1) is 0 Å². The largest absolute Gasteiger partial charge is 0.497 e. The topological polar surface area (TPSA) is 102 Å². The predicted octanol–water partition coefficient (Wildman–Crippen LogP) is 3.26. The Bertz CT molecular complexity index is 1080. The van der Waals surface area contributed by atoms with Gasteiger partial charge in [-0.1, -0.05) is 24.3 Å². The minimum absolute atomic E-state index is 0.134. The molecule has 176 valence electrons. The van der Waals surface area contributed by atoms with Gasteiger partial charge in [0.25, 0.3) is 0 Å². The first-order valence-corrected chi connectivity index (χ1v) is 12.0. The first-order valence-electron chi connectivity index (χ1n) is 10.5. The Morgan fingerprint density at radius 3 is 1.76 bits per heavy atom. The number of benzene rings is 2. The zero-order chi connectivity index (χ0) is 24.0. The zero-order valence-electron chi connectivity index (χ0n) is 19.2. The molecule has 0 saturated heterocycles. The summed E-state index contributed by atoms with van der Waals surface area (Å²) in [6.45, 7) is 3.52. The fourth-order valence-corrected chi connectivity index (χ4v) is 4.89. The summed E-state index contributed by atoms with van der Waals surface area (Å²) in [7, 11) is -0.782. The quantitative estimate of drug-likeness (QED) is 0.484. The normalized spacial score (nSPS) is 13.5. The molecule has 1 aromatic heterocycles. The van der Waals surface area contributed by atoms with Crippen LogP contribution in [0.3, 0.4) is 0 Å². The van der Waals surface area contributed by atoms with Crippen LogP contribution in [0.4, 0.5) is 0 Å². The number of nitrogens with zero attached hydrogens (tertiary/aromatic N) is 3. The van der Waals surface area contributed by atoms with E-state index in [1.165, 1.54) is 23.6 Å². The van der Waals surface area contributed by atoms with Crippen LogP contribution >= 0.6 is 0 Å². The predicted molar refractivity (Wildman–Crippen MR) is 125 cm³/mol. The number of rotatable bonds is 10. The fraction of sp³-hybridized carbons (Fsp3) is 0.333. The summed E-state index contributed by atoms with van der Waals surface area (Å²) >= 11 is 0. The molecule has 0 amide bonds.